The number of aryl methyl sites for hydroxylation is 1. The second-order valence-electron chi connectivity index (χ2n) is 4.84. The first kappa shape index (κ1) is 14.1. The molecular formula is C16H19ClO2. The number of ether oxygens (including phenoxy) is 1. The van der Waals surface area contributed by atoms with Gasteiger partial charge in [0, 0.05) is 11.1 Å². The first-order chi connectivity index (χ1) is 9.13. The molecule has 0 saturated heterocycles. The van der Waals surface area contributed by atoms with Crippen molar-refractivity contribution in [2.24, 2.45) is 0 Å². The second kappa shape index (κ2) is 6.25. The van der Waals surface area contributed by atoms with E-state index < -0.39 is 0 Å². The van der Waals surface area contributed by atoms with Gasteiger partial charge in [-0.3, -0.25) is 0 Å². The zero-order chi connectivity index (χ0) is 13.8. The molecule has 0 unspecified atom stereocenters. The van der Waals surface area contributed by atoms with Gasteiger partial charge < -0.3 is 4.74 Å². The number of allylic oxidation sites excluding steroid dienone is 1. The lowest BCUT2D eigenvalue weighted by Crippen LogP contribution is -2.02. The molecule has 3 heteroatoms. The van der Waals surface area contributed by atoms with Crippen LogP contribution in [-0.4, -0.2) is 12.6 Å². The topological polar surface area (TPSA) is 26.3 Å². The molecular weight excluding hydrogens is 260 g/mol. The van der Waals surface area contributed by atoms with Crippen LogP contribution in [0.4, 0.5) is 0 Å². The summed E-state index contributed by atoms with van der Waals surface area (Å²) in [6.07, 6.45) is 5.84. The Hall–Kier alpha value is -1.28. The molecule has 1 aliphatic carbocycles. The number of carbonyl (C=O) groups excluding carboxylic acids is 1. The number of hydrogen-bond donors (Lipinski definition) is 0. The highest BCUT2D eigenvalue weighted by Crippen LogP contribution is 2.35. The van der Waals surface area contributed by atoms with E-state index in [0.717, 1.165) is 47.4 Å². The molecule has 0 N–H and O–H groups in total. The normalized spacial score (nSPS) is 16.9. The van der Waals surface area contributed by atoms with E-state index >= 15 is 0 Å². The lowest BCUT2D eigenvalue weighted by molar-refractivity contribution is -0.137. The Morgan fingerprint density at radius 1 is 1.37 bits per heavy atom. The predicted octanol–water partition coefficient (Wildman–Crippen LogP) is 4.32. The summed E-state index contributed by atoms with van der Waals surface area (Å²) in [4.78, 5) is 11.7. The van der Waals surface area contributed by atoms with Crippen LogP contribution < -0.4 is 0 Å². The minimum absolute atomic E-state index is 0.260. The van der Waals surface area contributed by atoms with Crippen molar-refractivity contribution in [3.8, 4) is 0 Å². The number of fused-ring (bicyclic) bond motifs is 1. The van der Waals surface area contributed by atoms with Gasteiger partial charge in [0.05, 0.1) is 6.61 Å². The van der Waals surface area contributed by atoms with E-state index in [9.17, 15) is 4.79 Å². The predicted molar refractivity (Wildman–Crippen MR) is 78.4 cm³/mol. The van der Waals surface area contributed by atoms with Crippen LogP contribution in [-0.2, 0) is 16.0 Å². The van der Waals surface area contributed by atoms with Crippen LogP contribution in [0.1, 0.15) is 42.9 Å². The maximum atomic E-state index is 11.7. The first-order valence-corrected chi connectivity index (χ1v) is 7.17. The SMILES string of the molecule is CCOC(=O)/C=C1\CCCCc2ccc(Cl)c(C)c21. The summed E-state index contributed by atoms with van der Waals surface area (Å²) in [5.41, 5.74) is 4.57. The van der Waals surface area contributed by atoms with Crippen molar-refractivity contribution in [3.63, 3.8) is 0 Å². The van der Waals surface area contributed by atoms with Crippen LogP contribution in [0, 0.1) is 6.92 Å². The van der Waals surface area contributed by atoms with Crippen molar-refractivity contribution in [1.82, 2.24) is 0 Å². The monoisotopic (exact) mass is 278 g/mol. The molecule has 0 heterocycles. The molecule has 102 valence electrons. The summed E-state index contributed by atoms with van der Waals surface area (Å²) in [5, 5.41) is 0.760. The quantitative estimate of drug-likeness (QED) is 0.457. The van der Waals surface area contributed by atoms with Gasteiger partial charge in [0.25, 0.3) is 0 Å². The zero-order valence-corrected chi connectivity index (χ0v) is 12.2. The molecule has 0 saturated carbocycles. The van der Waals surface area contributed by atoms with Gasteiger partial charge in [-0.15, -0.1) is 0 Å². The van der Waals surface area contributed by atoms with Crippen molar-refractivity contribution in [2.75, 3.05) is 6.61 Å². The summed E-state index contributed by atoms with van der Waals surface area (Å²) >= 11 is 6.22. The van der Waals surface area contributed by atoms with Crippen molar-refractivity contribution >= 4 is 23.1 Å². The largest absolute Gasteiger partial charge is 0.463 e. The van der Waals surface area contributed by atoms with E-state index in [1.54, 1.807) is 6.08 Å². The van der Waals surface area contributed by atoms with Crippen molar-refractivity contribution in [2.45, 2.75) is 39.5 Å². The minimum Gasteiger partial charge on any atom is -0.463 e. The van der Waals surface area contributed by atoms with Gasteiger partial charge in [0.1, 0.15) is 0 Å². The van der Waals surface area contributed by atoms with Gasteiger partial charge in [-0.1, -0.05) is 17.7 Å². The van der Waals surface area contributed by atoms with Crippen LogP contribution in [0.2, 0.25) is 5.02 Å². The highest BCUT2D eigenvalue weighted by atomic mass is 35.5. The number of halogens is 1. The highest BCUT2D eigenvalue weighted by molar-refractivity contribution is 6.31. The third-order valence-corrected chi connectivity index (χ3v) is 3.94. The van der Waals surface area contributed by atoms with E-state index in [-0.39, 0.29) is 5.97 Å². The lowest BCUT2D eigenvalue weighted by Gasteiger charge is -2.14. The van der Waals surface area contributed by atoms with Gasteiger partial charge in [-0.25, -0.2) is 4.79 Å². The molecule has 0 aliphatic heterocycles. The molecule has 19 heavy (non-hydrogen) atoms. The van der Waals surface area contributed by atoms with Gasteiger partial charge in [-0.05, 0) is 67.9 Å². The van der Waals surface area contributed by atoms with Crippen molar-refractivity contribution in [1.29, 1.82) is 0 Å². The fraction of sp³-hybridized carbons (Fsp3) is 0.438. The minimum atomic E-state index is -0.260. The zero-order valence-electron chi connectivity index (χ0n) is 11.5. The molecule has 1 aromatic rings. The van der Waals surface area contributed by atoms with E-state index in [2.05, 4.69) is 6.07 Å². The van der Waals surface area contributed by atoms with Gasteiger partial charge in [0.2, 0.25) is 0 Å². The molecule has 0 radical (unpaired) electrons. The van der Waals surface area contributed by atoms with Gasteiger partial charge in [-0.2, -0.15) is 0 Å². The van der Waals surface area contributed by atoms with Crippen LogP contribution in [0.5, 0.6) is 0 Å². The second-order valence-corrected chi connectivity index (χ2v) is 5.24. The smallest absolute Gasteiger partial charge is 0.331 e. The lowest BCUT2D eigenvalue weighted by atomic mass is 9.93. The molecule has 2 rings (SSSR count). The number of hydrogen-bond acceptors (Lipinski definition) is 2. The summed E-state index contributed by atoms with van der Waals surface area (Å²) in [5.74, 6) is -0.260. The Balaban J connectivity index is 2.48. The summed E-state index contributed by atoms with van der Waals surface area (Å²) in [6.45, 7) is 4.25. The summed E-state index contributed by atoms with van der Waals surface area (Å²) < 4.78 is 5.02. The van der Waals surface area contributed by atoms with Crippen LogP contribution >= 0.6 is 11.6 Å². The third-order valence-electron chi connectivity index (χ3n) is 3.53. The maximum absolute atomic E-state index is 11.7. The number of benzene rings is 1. The summed E-state index contributed by atoms with van der Waals surface area (Å²) in [7, 11) is 0. The number of carbonyl (C=O) groups is 1. The Kier molecular flexibility index (Phi) is 4.65. The molecule has 0 fully saturated rings. The number of rotatable bonds is 2. The van der Waals surface area contributed by atoms with Crippen molar-refractivity contribution < 1.29 is 9.53 Å². The fourth-order valence-corrected chi connectivity index (χ4v) is 2.78. The molecule has 0 atom stereocenters. The van der Waals surface area contributed by atoms with Crippen molar-refractivity contribution in [3.05, 3.63) is 39.9 Å². The van der Waals surface area contributed by atoms with E-state index in [4.69, 9.17) is 16.3 Å². The molecule has 0 spiro atoms. The molecule has 0 bridgehead atoms. The van der Waals surface area contributed by atoms with E-state index in [1.807, 2.05) is 19.9 Å². The average Bonchev–Trinajstić information content (AvgIpc) is 2.57. The van der Waals surface area contributed by atoms with Crippen LogP contribution in [0.15, 0.2) is 18.2 Å². The van der Waals surface area contributed by atoms with E-state index in [1.165, 1.54) is 5.56 Å². The standard InChI is InChI=1S/C16H19ClO2/c1-3-19-15(18)10-13-7-5-4-6-12-8-9-14(17)11(2)16(12)13/h8-10H,3-7H2,1-2H3/b13-10+. The Morgan fingerprint density at radius 2 is 2.11 bits per heavy atom. The molecule has 1 aliphatic rings. The Labute approximate surface area is 119 Å². The Morgan fingerprint density at radius 3 is 2.84 bits per heavy atom. The van der Waals surface area contributed by atoms with Crippen LogP contribution in [0.25, 0.3) is 5.57 Å². The fourth-order valence-electron chi connectivity index (χ4n) is 2.62. The Bertz CT molecular complexity index is 518. The first-order valence-electron chi connectivity index (χ1n) is 6.79. The molecule has 0 aromatic heterocycles. The molecule has 2 nitrogen and oxygen atoms in total. The number of esters is 1. The van der Waals surface area contributed by atoms with Gasteiger partial charge >= 0.3 is 5.97 Å². The van der Waals surface area contributed by atoms with Crippen LogP contribution in [0.3, 0.4) is 0 Å². The van der Waals surface area contributed by atoms with Gasteiger partial charge in [0.15, 0.2) is 0 Å². The average molecular weight is 279 g/mol. The molecule has 1 aromatic carbocycles. The molecule has 0 amide bonds. The maximum Gasteiger partial charge on any atom is 0.331 e. The highest BCUT2D eigenvalue weighted by Gasteiger charge is 2.17. The summed E-state index contributed by atoms with van der Waals surface area (Å²) in [6, 6.07) is 4.03. The third kappa shape index (κ3) is 3.19. The van der Waals surface area contributed by atoms with E-state index in [0.29, 0.717) is 6.61 Å².